The summed E-state index contributed by atoms with van der Waals surface area (Å²) in [4.78, 5) is 3.68. The van der Waals surface area contributed by atoms with E-state index in [4.69, 9.17) is 5.73 Å². The normalized spacial score (nSPS) is 23.8. The molecule has 0 amide bonds. The molecule has 2 N–H and O–H groups in total. The van der Waals surface area contributed by atoms with Gasteiger partial charge in [-0.3, -0.25) is 0 Å². The number of hydrogen-bond acceptors (Lipinski definition) is 6. The number of sulfone groups is 1. The first kappa shape index (κ1) is 18.3. The standard InChI is InChI=1S/C11H17N3O4S2.ClH/c1-8-6-14(7-10(8)12)20(17,18)9-3-4-11(13-5-9)19(2,15)16;/h3-5,8,10H,6-7,12H2,1-2H3;1H. The maximum Gasteiger partial charge on any atom is 0.244 e. The average molecular weight is 356 g/mol. The SMILES string of the molecule is CC1CN(S(=O)(=O)c2ccc(S(C)(=O)=O)nc2)CC1N.Cl. The van der Waals surface area contributed by atoms with Gasteiger partial charge in [0.25, 0.3) is 0 Å². The van der Waals surface area contributed by atoms with Gasteiger partial charge < -0.3 is 5.73 Å². The van der Waals surface area contributed by atoms with Crippen LogP contribution in [0.25, 0.3) is 0 Å². The van der Waals surface area contributed by atoms with E-state index < -0.39 is 19.9 Å². The zero-order valence-corrected chi connectivity index (χ0v) is 14.1. The molecule has 0 aliphatic carbocycles. The number of hydrogen-bond donors (Lipinski definition) is 1. The molecule has 2 unspecified atom stereocenters. The summed E-state index contributed by atoms with van der Waals surface area (Å²) in [7, 11) is -7.11. The second-order valence-corrected chi connectivity index (χ2v) is 8.97. The van der Waals surface area contributed by atoms with E-state index in [9.17, 15) is 16.8 Å². The van der Waals surface area contributed by atoms with Gasteiger partial charge in [0.1, 0.15) is 4.90 Å². The van der Waals surface area contributed by atoms with E-state index in [-0.39, 0.29) is 40.8 Å². The van der Waals surface area contributed by atoms with Crippen LogP contribution in [0.1, 0.15) is 6.92 Å². The van der Waals surface area contributed by atoms with Crippen molar-refractivity contribution in [3.63, 3.8) is 0 Å². The summed E-state index contributed by atoms with van der Waals surface area (Å²) in [5, 5.41) is -0.150. The topological polar surface area (TPSA) is 110 Å². The zero-order valence-electron chi connectivity index (χ0n) is 11.6. The van der Waals surface area contributed by atoms with E-state index in [1.807, 2.05) is 6.92 Å². The van der Waals surface area contributed by atoms with E-state index in [2.05, 4.69) is 4.98 Å². The number of aromatic nitrogens is 1. The van der Waals surface area contributed by atoms with Crippen molar-refractivity contribution >= 4 is 32.3 Å². The van der Waals surface area contributed by atoms with Crippen molar-refractivity contribution in [3.05, 3.63) is 18.3 Å². The number of halogens is 1. The molecular weight excluding hydrogens is 338 g/mol. The van der Waals surface area contributed by atoms with Crippen molar-refractivity contribution in [2.75, 3.05) is 19.3 Å². The highest BCUT2D eigenvalue weighted by molar-refractivity contribution is 7.90. The van der Waals surface area contributed by atoms with Crippen LogP contribution in [0.2, 0.25) is 0 Å². The Bertz CT molecular complexity index is 693. The Labute approximate surface area is 130 Å². The van der Waals surface area contributed by atoms with Gasteiger partial charge >= 0.3 is 0 Å². The molecule has 1 aliphatic heterocycles. The fraction of sp³-hybridized carbons (Fsp3) is 0.545. The number of pyridine rings is 1. The Morgan fingerprint density at radius 3 is 2.24 bits per heavy atom. The van der Waals surface area contributed by atoms with Crippen LogP contribution in [0.5, 0.6) is 0 Å². The van der Waals surface area contributed by atoms with Crippen molar-refractivity contribution in [3.8, 4) is 0 Å². The van der Waals surface area contributed by atoms with Crippen LogP contribution in [0.4, 0.5) is 0 Å². The lowest BCUT2D eigenvalue weighted by atomic mass is 10.1. The second kappa shape index (κ2) is 6.17. The molecule has 0 aromatic carbocycles. The van der Waals surface area contributed by atoms with Crippen LogP contribution in [0.3, 0.4) is 0 Å². The molecule has 2 heterocycles. The second-order valence-electron chi connectivity index (χ2n) is 5.07. The van der Waals surface area contributed by atoms with Crippen LogP contribution in [-0.2, 0) is 19.9 Å². The minimum absolute atomic E-state index is 0. The maximum absolute atomic E-state index is 12.4. The summed E-state index contributed by atoms with van der Waals surface area (Å²) in [6.07, 6.45) is 2.09. The van der Waals surface area contributed by atoms with Crippen molar-refractivity contribution in [1.29, 1.82) is 0 Å². The average Bonchev–Trinajstić information content (AvgIpc) is 2.69. The highest BCUT2D eigenvalue weighted by Crippen LogP contribution is 2.23. The molecule has 21 heavy (non-hydrogen) atoms. The summed E-state index contributed by atoms with van der Waals surface area (Å²) in [5.41, 5.74) is 5.82. The molecular formula is C11H18ClN3O4S2. The molecule has 0 saturated carbocycles. The highest BCUT2D eigenvalue weighted by Gasteiger charge is 2.35. The van der Waals surface area contributed by atoms with Crippen molar-refractivity contribution < 1.29 is 16.8 Å². The molecule has 7 nitrogen and oxygen atoms in total. The Hall–Kier alpha value is -0.740. The van der Waals surface area contributed by atoms with Crippen LogP contribution in [0, 0.1) is 5.92 Å². The molecule has 2 rings (SSSR count). The summed E-state index contributed by atoms with van der Waals surface area (Å²) >= 11 is 0. The molecule has 0 spiro atoms. The minimum Gasteiger partial charge on any atom is -0.326 e. The fourth-order valence-corrected chi connectivity index (χ4v) is 4.11. The molecule has 120 valence electrons. The van der Waals surface area contributed by atoms with Gasteiger partial charge in [-0.05, 0) is 18.1 Å². The van der Waals surface area contributed by atoms with E-state index in [0.717, 1.165) is 12.5 Å². The monoisotopic (exact) mass is 355 g/mol. The minimum atomic E-state index is -3.67. The summed E-state index contributed by atoms with van der Waals surface area (Å²) < 4.78 is 48.6. The van der Waals surface area contributed by atoms with Gasteiger partial charge in [0, 0.05) is 31.6 Å². The van der Waals surface area contributed by atoms with Crippen molar-refractivity contribution in [2.24, 2.45) is 11.7 Å². The Balaban J connectivity index is 0.00000220. The van der Waals surface area contributed by atoms with Crippen molar-refractivity contribution in [2.45, 2.75) is 22.9 Å². The first-order chi connectivity index (χ1) is 9.12. The van der Waals surface area contributed by atoms with Gasteiger partial charge in [-0.25, -0.2) is 21.8 Å². The summed E-state index contributed by atoms with van der Waals surface area (Å²) in [6, 6.07) is 2.27. The van der Waals surface area contributed by atoms with Gasteiger partial charge in [0.05, 0.1) is 0 Å². The summed E-state index contributed by atoms with van der Waals surface area (Å²) in [6.45, 7) is 2.51. The van der Waals surface area contributed by atoms with E-state index in [1.165, 1.54) is 16.4 Å². The maximum atomic E-state index is 12.4. The summed E-state index contributed by atoms with van der Waals surface area (Å²) in [5.74, 6) is 0.0908. The molecule has 1 aromatic rings. The predicted octanol–water partition coefficient (Wildman–Crippen LogP) is -0.125. The molecule has 2 atom stereocenters. The van der Waals surface area contributed by atoms with Gasteiger partial charge in [-0.2, -0.15) is 4.31 Å². The van der Waals surface area contributed by atoms with Gasteiger partial charge in [0.2, 0.25) is 10.0 Å². The highest BCUT2D eigenvalue weighted by atomic mass is 35.5. The van der Waals surface area contributed by atoms with E-state index in [0.29, 0.717) is 6.54 Å². The third kappa shape index (κ3) is 3.72. The predicted molar refractivity (Wildman–Crippen MR) is 80.5 cm³/mol. The van der Waals surface area contributed by atoms with E-state index >= 15 is 0 Å². The van der Waals surface area contributed by atoms with Gasteiger partial charge in [0.15, 0.2) is 14.9 Å². The number of nitrogens with zero attached hydrogens (tertiary/aromatic N) is 2. The van der Waals surface area contributed by atoms with Gasteiger partial charge in [-0.1, -0.05) is 6.92 Å². The van der Waals surface area contributed by atoms with E-state index in [1.54, 1.807) is 0 Å². The first-order valence-corrected chi connectivity index (χ1v) is 9.37. The van der Waals surface area contributed by atoms with Crippen LogP contribution >= 0.6 is 12.4 Å². The number of rotatable bonds is 3. The molecule has 0 bridgehead atoms. The quantitative estimate of drug-likeness (QED) is 0.808. The fourth-order valence-electron chi connectivity index (χ4n) is 2.03. The number of nitrogens with two attached hydrogens (primary N) is 1. The largest absolute Gasteiger partial charge is 0.326 e. The molecule has 1 aromatic heterocycles. The first-order valence-electron chi connectivity index (χ1n) is 6.04. The Morgan fingerprint density at radius 2 is 1.86 bits per heavy atom. The molecule has 10 heteroatoms. The molecule has 1 saturated heterocycles. The van der Waals surface area contributed by atoms with Crippen LogP contribution in [-0.4, -0.2) is 51.5 Å². The van der Waals surface area contributed by atoms with Gasteiger partial charge in [-0.15, -0.1) is 12.4 Å². The van der Waals surface area contributed by atoms with Crippen molar-refractivity contribution in [1.82, 2.24) is 9.29 Å². The smallest absolute Gasteiger partial charge is 0.244 e. The zero-order chi connectivity index (χ0) is 15.1. The third-order valence-corrected chi connectivity index (χ3v) is 6.18. The lowest BCUT2D eigenvalue weighted by Gasteiger charge is -2.15. The number of sulfonamides is 1. The molecule has 1 aliphatic rings. The van der Waals surface area contributed by atoms with Crippen LogP contribution < -0.4 is 5.73 Å². The Morgan fingerprint density at radius 1 is 1.24 bits per heavy atom. The molecule has 0 radical (unpaired) electrons. The van der Waals surface area contributed by atoms with Crippen LogP contribution in [0.15, 0.2) is 28.3 Å². The lowest BCUT2D eigenvalue weighted by Crippen LogP contribution is -2.32. The lowest BCUT2D eigenvalue weighted by molar-refractivity contribution is 0.464. The Kier molecular flexibility index (Phi) is 5.38. The molecule has 1 fully saturated rings. The third-order valence-electron chi connectivity index (χ3n) is 3.36.